The molecule has 1 aliphatic rings. The van der Waals surface area contributed by atoms with Crippen molar-refractivity contribution in [1.82, 2.24) is 19.7 Å². The SMILES string of the molecule is CCCc1nnc(-c2cc3ccccc3n2CC(=O)N2CCC(C)CC2)o1. The Morgan fingerprint density at radius 2 is 2.00 bits per heavy atom. The average molecular weight is 366 g/mol. The van der Waals surface area contributed by atoms with Gasteiger partial charge in [-0.2, -0.15) is 0 Å². The lowest BCUT2D eigenvalue weighted by Gasteiger charge is -2.30. The van der Waals surface area contributed by atoms with Gasteiger partial charge in [-0.05, 0) is 37.3 Å². The molecule has 1 saturated heterocycles. The summed E-state index contributed by atoms with van der Waals surface area (Å²) in [5.41, 5.74) is 1.83. The standard InChI is InChI=1S/C21H26N4O2/c1-3-6-19-22-23-21(27-19)18-13-16-7-4-5-8-17(16)25(18)14-20(26)24-11-9-15(2)10-12-24/h4-5,7-8,13,15H,3,6,9-12,14H2,1-2H3. The van der Waals surface area contributed by atoms with Gasteiger partial charge in [0.25, 0.3) is 5.89 Å². The number of fused-ring (bicyclic) bond motifs is 1. The summed E-state index contributed by atoms with van der Waals surface area (Å²) < 4.78 is 7.87. The fourth-order valence-corrected chi connectivity index (χ4v) is 3.72. The van der Waals surface area contributed by atoms with Gasteiger partial charge in [0.2, 0.25) is 11.8 Å². The summed E-state index contributed by atoms with van der Waals surface area (Å²) in [5, 5.41) is 9.45. The van der Waals surface area contributed by atoms with Crippen molar-refractivity contribution in [3.8, 4) is 11.6 Å². The maximum Gasteiger partial charge on any atom is 0.264 e. The van der Waals surface area contributed by atoms with Crippen LogP contribution in [0, 0.1) is 5.92 Å². The predicted octanol–water partition coefficient (Wildman–Crippen LogP) is 3.90. The Bertz CT molecular complexity index is 935. The fourth-order valence-electron chi connectivity index (χ4n) is 3.72. The van der Waals surface area contributed by atoms with Crippen LogP contribution in [0.25, 0.3) is 22.5 Å². The Labute approximate surface area is 159 Å². The first-order chi connectivity index (χ1) is 13.2. The Kier molecular flexibility index (Phi) is 4.97. The minimum atomic E-state index is 0.151. The second-order valence-electron chi connectivity index (χ2n) is 7.49. The van der Waals surface area contributed by atoms with E-state index in [2.05, 4.69) is 24.0 Å². The minimum Gasteiger partial charge on any atom is -0.419 e. The van der Waals surface area contributed by atoms with Crippen molar-refractivity contribution in [3.63, 3.8) is 0 Å². The molecule has 2 aromatic heterocycles. The summed E-state index contributed by atoms with van der Waals surface area (Å²) in [5.74, 6) is 1.97. The number of aryl methyl sites for hydroxylation is 1. The highest BCUT2D eigenvalue weighted by Gasteiger charge is 2.23. The summed E-state index contributed by atoms with van der Waals surface area (Å²) in [4.78, 5) is 14.9. The van der Waals surface area contributed by atoms with E-state index in [-0.39, 0.29) is 5.91 Å². The molecule has 0 radical (unpaired) electrons. The molecule has 6 nitrogen and oxygen atoms in total. The predicted molar refractivity (Wildman–Crippen MR) is 104 cm³/mol. The maximum absolute atomic E-state index is 12.9. The van der Waals surface area contributed by atoms with E-state index in [4.69, 9.17) is 4.42 Å². The number of hydrogen-bond donors (Lipinski definition) is 0. The number of carbonyl (C=O) groups excluding carboxylic acids is 1. The molecule has 1 fully saturated rings. The zero-order chi connectivity index (χ0) is 18.8. The van der Waals surface area contributed by atoms with E-state index in [1.807, 2.05) is 39.8 Å². The third-order valence-corrected chi connectivity index (χ3v) is 5.39. The van der Waals surface area contributed by atoms with Gasteiger partial charge in [0, 0.05) is 30.4 Å². The molecule has 1 aliphatic heterocycles. The molecular formula is C21H26N4O2. The Balaban J connectivity index is 1.66. The molecular weight excluding hydrogens is 340 g/mol. The van der Waals surface area contributed by atoms with E-state index in [1.165, 1.54) is 0 Å². The molecule has 0 saturated carbocycles. The lowest BCUT2D eigenvalue weighted by molar-refractivity contribution is -0.133. The van der Waals surface area contributed by atoms with E-state index in [9.17, 15) is 4.79 Å². The highest BCUT2D eigenvalue weighted by Crippen LogP contribution is 2.28. The van der Waals surface area contributed by atoms with Gasteiger partial charge >= 0.3 is 0 Å². The highest BCUT2D eigenvalue weighted by molar-refractivity contribution is 5.88. The molecule has 0 bridgehead atoms. The van der Waals surface area contributed by atoms with Crippen LogP contribution in [0.3, 0.4) is 0 Å². The van der Waals surface area contributed by atoms with Gasteiger partial charge in [-0.25, -0.2) is 0 Å². The van der Waals surface area contributed by atoms with Crippen LogP contribution in [0.4, 0.5) is 0 Å². The zero-order valence-corrected chi connectivity index (χ0v) is 16.0. The number of amides is 1. The van der Waals surface area contributed by atoms with Crippen LogP contribution >= 0.6 is 0 Å². The second-order valence-corrected chi connectivity index (χ2v) is 7.49. The molecule has 0 atom stereocenters. The number of para-hydroxylation sites is 1. The molecule has 1 amide bonds. The lowest BCUT2D eigenvalue weighted by atomic mass is 9.99. The molecule has 0 unspecified atom stereocenters. The first-order valence-corrected chi connectivity index (χ1v) is 9.84. The van der Waals surface area contributed by atoms with Gasteiger partial charge in [-0.3, -0.25) is 4.79 Å². The summed E-state index contributed by atoms with van der Waals surface area (Å²) in [7, 11) is 0. The van der Waals surface area contributed by atoms with Gasteiger partial charge in [0.15, 0.2) is 0 Å². The quantitative estimate of drug-likeness (QED) is 0.687. The van der Waals surface area contributed by atoms with Gasteiger partial charge in [0.1, 0.15) is 12.2 Å². The van der Waals surface area contributed by atoms with Crippen molar-refractivity contribution in [1.29, 1.82) is 0 Å². The van der Waals surface area contributed by atoms with Crippen molar-refractivity contribution in [3.05, 3.63) is 36.2 Å². The van der Waals surface area contributed by atoms with Crippen LogP contribution in [0.1, 0.15) is 39.0 Å². The van der Waals surface area contributed by atoms with E-state index in [0.29, 0.717) is 24.2 Å². The number of carbonyl (C=O) groups is 1. The highest BCUT2D eigenvalue weighted by atomic mass is 16.4. The van der Waals surface area contributed by atoms with Crippen LogP contribution in [-0.2, 0) is 17.8 Å². The molecule has 3 heterocycles. The van der Waals surface area contributed by atoms with Crippen molar-refractivity contribution in [2.45, 2.75) is 46.1 Å². The topological polar surface area (TPSA) is 64.2 Å². The van der Waals surface area contributed by atoms with E-state index < -0.39 is 0 Å². The summed E-state index contributed by atoms with van der Waals surface area (Å²) in [6.07, 6.45) is 3.87. The van der Waals surface area contributed by atoms with Crippen LogP contribution in [0.2, 0.25) is 0 Å². The van der Waals surface area contributed by atoms with Gasteiger partial charge in [0.05, 0.1) is 0 Å². The van der Waals surface area contributed by atoms with E-state index >= 15 is 0 Å². The van der Waals surface area contributed by atoms with Crippen molar-refractivity contribution >= 4 is 16.8 Å². The van der Waals surface area contributed by atoms with E-state index in [0.717, 1.165) is 55.4 Å². The Morgan fingerprint density at radius 3 is 2.78 bits per heavy atom. The van der Waals surface area contributed by atoms with Crippen molar-refractivity contribution in [2.24, 2.45) is 5.92 Å². The monoisotopic (exact) mass is 366 g/mol. The number of benzene rings is 1. The van der Waals surface area contributed by atoms with Crippen molar-refractivity contribution < 1.29 is 9.21 Å². The molecule has 6 heteroatoms. The van der Waals surface area contributed by atoms with Crippen LogP contribution in [0.15, 0.2) is 34.7 Å². The third-order valence-electron chi connectivity index (χ3n) is 5.39. The Hall–Kier alpha value is -2.63. The number of rotatable bonds is 5. The van der Waals surface area contributed by atoms with Gasteiger partial charge in [-0.15, -0.1) is 10.2 Å². The third kappa shape index (κ3) is 3.61. The molecule has 0 aliphatic carbocycles. The lowest BCUT2D eigenvalue weighted by Crippen LogP contribution is -2.39. The van der Waals surface area contributed by atoms with Gasteiger partial charge in [-0.1, -0.05) is 32.0 Å². The average Bonchev–Trinajstić information content (AvgIpc) is 3.27. The number of piperidine rings is 1. The number of aromatic nitrogens is 3. The number of nitrogens with zero attached hydrogens (tertiary/aromatic N) is 4. The molecule has 0 N–H and O–H groups in total. The molecule has 0 spiro atoms. The molecule has 4 rings (SSSR count). The summed E-state index contributed by atoms with van der Waals surface area (Å²) in [6, 6.07) is 10.1. The first kappa shape index (κ1) is 17.8. The minimum absolute atomic E-state index is 0.151. The van der Waals surface area contributed by atoms with Crippen molar-refractivity contribution in [2.75, 3.05) is 13.1 Å². The number of hydrogen-bond acceptors (Lipinski definition) is 4. The maximum atomic E-state index is 12.9. The fraction of sp³-hybridized carbons (Fsp3) is 0.476. The molecule has 27 heavy (non-hydrogen) atoms. The summed E-state index contributed by atoms with van der Waals surface area (Å²) in [6.45, 7) is 6.32. The molecule has 1 aromatic carbocycles. The summed E-state index contributed by atoms with van der Waals surface area (Å²) >= 11 is 0. The second kappa shape index (κ2) is 7.55. The Morgan fingerprint density at radius 1 is 1.22 bits per heavy atom. The zero-order valence-electron chi connectivity index (χ0n) is 16.0. The first-order valence-electron chi connectivity index (χ1n) is 9.84. The normalized spacial score (nSPS) is 15.6. The molecule has 3 aromatic rings. The molecule has 142 valence electrons. The van der Waals surface area contributed by atoms with Crippen LogP contribution < -0.4 is 0 Å². The van der Waals surface area contributed by atoms with Crippen LogP contribution in [-0.4, -0.2) is 38.7 Å². The van der Waals surface area contributed by atoms with Crippen LogP contribution in [0.5, 0.6) is 0 Å². The van der Waals surface area contributed by atoms with Gasteiger partial charge < -0.3 is 13.9 Å². The smallest absolute Gasteiger partial charge is 0.264 e. The van der Waals surface area contributed by atoms with E-state index in [1.54, 1.807) is 0 Å². The largest absolute Gasteiger partial charge is 0.419 e. The number of likely N-dealkylation sites (tertiary alicyclic amines) is 1.